The number of oxime groups is 1. The highest BCUT2D eigenvalue weighted by Gasteiger charge is 2.29. The number of amides is 1. The second kappa shape index (κ2) is 7.69. The number of methoxy groups -OCH3 is 2. The van der Waals surface area contributed by atoms with E-state index < -0.39 is 12.1 Å². The number of nitrogens with one attached hydrogen (secondary N) is 1. The van der Waals surface area contributed by atoms with Crippen molar-refractivity contribution in [1.29, 1.82) is 0 Å². The maximum atomic E-state index is 12.5. The van der Waals surface area contributed by atoms with E-state index in [2.05, 4.69) is 10.5 Å². The number of esters is 1. The minimum atomic E-state index is -0.766. The molecule has 0 radical (unpaired) electrons. The summed E-state index contributed by atoms with van der Waals surface area (Å²) in [4.78, 5) is 29.5. The predicted octanol–water partition coefficient (Wildman–Crippen LogP) is 2.61. The average Bonchev–Trinajstić information content (AvgIpc) is 3.18. The first kappa shape index (κ1) is 17.5. The van der Waals surface area contributed by atoms with Gasteiger partial charge in [-0.3, -0.25) is 4.79 Å². The Balaban J connectivity index is 1.67. The Hall–Kier alpha value is -3.35. The Bertz CT molecular complexity index is 845. The normalized spacial score (nSPS) is 15.6. The summed E-state index contributed by atoms with van der Waals surface area (Å²) < 4.78 is 9.85. The molecule has 2 aromatic rings. The van der Waals surface area contributed by atoms with Gasteiger partial charge < -0.3 is 19.6 Å². The van der Waals surface area contributed by atoms with E-state index >= 15 is 0 Å². The summed E-state index contributed by atoms with van der Waals surface area (Å²) in [6, 6.07) is 14.0. The molecule has 134 valence electrons. The van der Waals surface area contributed by atoms with Crippen LogP contribution in [0, 0.1) is 0 Å². The third-order valence-corrected chi connectivity index (χ3v) is 3.97. The molecule has 0 aromatic heterocycles. The van der Waals surface area contributed by atoms with E-state index in [0.29, 0.717) is 17.8 Å². The molecule has 26 heavy (non-hydrogen) atoms. The Kier molecular flexibility index (Phi) is 5.17. The molecular formula is C19H18N2O5. The molecule has 1 heterocycles. The van der Waals surface area contributed by atoms with Crippen LogP contribution in [0.5, 0.6) is 5.75 Å². The average molecular weight is 354 g/mol. The minimum absolute atomic E-state index is 0.276. The van der Waals surface area contributed by atoms with Gasteiger partial charge in [-0.15, -0.1) is 0 Å². The van der Waals surface area contributed by atoms with Crippen molar-refractivity contribution in [2.75, 3.05) is 19.5 Å². The molecule has 1 aliphatic heterocycles. The first-order chi connectivity index (χ1) is 12.6. The van der Waals surface area contributed by atoms with Gasteiger partial charge >= 0.3 is 5.97 Å². The molecular weight excluding hydrogens is 336 g/mol. The van der Waals surface area contributed by atoms with E-state index in [4.69, 9.17) is 14.3 Å². The molecule has 1 N–H and O–H groups in total. The van der Waals surface area contributed by atoms with Gasteiger partial charge in [0, 0.05) is 6.42 Å². The zero-order valence-electron chi connectivity index (χ0n) is 14.4. The van der Waals surface area contributed by atoms with Crippen LogP contribution in [-0.2, 0) is 14.4 Å². The van der Waals surface area contributed by atoms with Crippen LogP contribution in [-0.4, -0.2) is 37.9 Å². The van der Waals surface area contributed by atoms with Gasteiger partial charge in [0.1, 0.15) is 5.75 Å². The predicted molar refractivity (Wildman–Crippen MR) is 95.4 cm³/mol. The van der Waals surface area contributed by atoms with Crippen molar-refractivity contribution in [2.24, 2.45) is 5.16 Å². The summed E-state index contributed by atoms with van der Waals surface area (Å²) in [5, 5.41) is 6.70. The van der Waals surface area contributed by atoms with Crippen molar-refractivity contribution in [3.63, 3.8) is 0 Å². The van der Waals surface area contributed by atoms with Gasteiger partial charge in [0.05, 0.1) is 31.2 Å². The fourth-order valence-corrected chi connectivity index (χ4v) is 2.57. The van der Waals surface area contributed by atoms with E-state index in [0.717, 1.165) is 11.3 Å². The molecule has 3 rings (SSSR count). The molecule has 2 aromatic carbocycles. The lowest BCUT2D eigenvalue weighted by atomic mass is 10.0. The summed E-state index contributed by atoms with van der Waals surface area (Å²) in [7, 11) is 2.88. The first-order valence-electron chi connectivity index (χ1n) is 7.97. The molecule has 0 saturated heterocycles. The SMILES string of the molecule is COC(=O)c1ccccc1NC(=O)C1CC(c2ccc(OC)cc2)=NO1. The van der Waals surface area contributed by atoms with Crippen LogP contribution < -0.4 is 10.1 Å². The summed E-state index contributed by atoms with van der Waals surface area (Å²) in [6.45, 7) is 0. The molecule has 7 nitrogen and oxygen atoms in total. The molecule has 0 saturated carbocycles. The van der Waals surface area contributed by atoms with Crippen LogP contribution in [0.15, 0.2) is 53.7 Å². The van der Waals surface area contributed by atoms with E-state index in [1.807, 2.05) is 24.3 Å². The second-order valence-corrected chi connectivity index (χ2v) is 5.59. The highest BCUT2D eigenvalue weighted by molar-refractivity contribution is 6.07. The van der Waals surface area contributed by atoms with Crippen molar-refractivity contribution >= 4 is 23.3 Å². The number of nitrogens with zero attached hydrogens (tertiary/aromatic N) is 1. The van der Waals surface area contributed by atoms with Gasteiger partial charge in [-0.1, -0.05) is 17.3 Å². The van der Waals surface area contributed by atoms with Gasteiger partial charge in [0.2, 0.25) is 6.10 Å². The molecule has 1 unspecified atom stereocenters. The van der Waals surface area contributed by atoms with Gasteiger partial charge in [0.25, 0.3) is 5.91 Å². The quantitative estimate of drug-likeness (QED) is 0.834. The van der Waals surface area contributed by atoms with Gasteiger partial charge in [-0.25, -0.2) is 4.79 Å². The van der Waals surface area contributed by atoms with E-state index in [1.165, 1.54) is 7.11 Å². The highest BCUT2D eigenvalue weighted by Crippen LogP contribution is 2.22. The summed E-state index contributed by atoms with van der Waals surface area (Å²) in [5.74, 6) is -0.168. The monoisotopic (exact) mass is 354 g/mol. The number of carbonyl (C=O) groups is 2. The Morgan fingerprint density at radius 1 is 1.12 bits per heavy atom. The topological polar surface area (TPSA) is 86.2 Å². The smallest absolute Gasteiger partial charge is 0.339 e. The van der Waals surface area contributed by atoms with Crippen LogP contribution in [0.4, 0.5) is 5.69 Å². The maximum absolute atomic E-state index is 12.5. The minimum Gasteiger partial charge on any atom is -0.497 e. The third-order valence-electron chi connectivity index (χ3n) is 3.97. The van der Waals surface area contributed by atoms with E-state index in [9.17, 15) is 9.59 Å². The molecule has 7 heteroatoms. The van der Waals surface area contributed by atoms with Crippen LogP contribution in [0.2, 0.25) is 0 Å². The zero-order valence-corrected chi connectivity index (χ0v) is 14.4. The summed E-state index contributed by atoms with van der Waals surface area (Å²) >= 11 is 0. The van der Waals surface area contributed by atoms with E-state index in [1.54, 1.807) is 31.4 Å². The Labute approximate surface area is 150 Å². The van der Waals surface area contributed by atoms with Crippen LogP contribution in [0.25, 0.3) is 0 Å². The fraction of sp³-hybridized carbons (Fsp3) is 0.211. The lowest BCUT2D eigenvalue weighted by molar-refractivity contribution is -0.125. The third kappa shape index (κ3) is 3.66. The highest BCUT2D eigenvalue weighted by atomic mass is 16.6. The van der Waals surface area contributed by atoms with Gasteiger partial charge in [0.15, 0.2) is 0 Å². The van der Waals surface area contributed by atoms with Crippen molar-refractivity contribution < 1.29 is 23.9 Å². The number of para-hydroxylation sites is 1. The number of benzene rings is 2. The van der Waals surface area contributed by atoms with Crippen molar-refractivity contribution in [1.82, 2.24) is 0 Å². The van der Waals surface area contributed by atoms with Crippen molar-refractivity contribution in [3.8, 4) is 5.75 Å². The van der Waals surface area contributed by atoms with E-state index in [-0.39, 0.29) is 11.5 Å². The molecule has 1 atom stereocenters. The Morgan fingerprint density at radius 3 is 2.54 bits per heavy atom. The zero-order chi connectivity index (χ0) is 18.5. The largest absolute Gasteiger partial charge is 0.497 e. The second-order valence-electron chi connectivity index (χ2n) is 5.59. The van der Waals surface area contributed by atoms with Crippen LogP contribution >= 0.6 is 0 Å². The Morgan fingerprint density at radius 2 is 1.85 bits per heavy atom. The van der Waals surface area contributed by atoms with Gasteiger partial charge in [-0.2, -0.15) is 0 Å². The van der Waals surface area contributed by atoms with Crippen LogP contribution in [0.1, 0.15) is 22.3 Å². The van der Waals surface area contributed by atoms with Crippen LogP contribution in [0.3, 0.4) is 0 Å². The maximum Gasteiger partial charge on any atom is 0.339 e. The lowest BCUT2D eigenvalue weighted by Gasteiger charge is -2.12. The molecule has 0 bridgehead atoms. The number of hydrogen-bond acceptors (Lipinski definition) is 6. The molecule has 0 aliphatic carbocycles. The number of hydrogen-bond donors (Lipinski definition) is 1. The number of ether oxygens (including phenoxy) is 2. The van der Waals surface area contributed by atoms with Gasteiger partial charge in [-0.05, 0) is 42.0 Å². The fourth-order valence-electron chi connectivity index (χ4n) is 2.57. The lowest BCUT2D eigenvalue weighted by Crippen LogP contribution is -2.28. The first-order valence-corrected chi connectivity index (χ1v) is 7.97. The number of carbonyl (C=O) groups excluding carboxylic acids is 2. The van der Waals surface area contributed by atoms with Crippen molar-refractivity contribution in [3.05, 3.63) is 59.7 Å². The number of anilines is 1. The summed E-state index contributed by atoms with van der Waals surface area (Å²) in [6.07, 6.45) is -0.434. The molecule has 0 spiro atoms. The summed E-state index contributed by atoms with van der Waals surface area (Å²) in [5.41, 5.74) is 2.17. The standard InChI is InChI=1S/C19H18N2O5/c1-24-13-9-7-12(8-10-13)16-11-17(26-21-16)18(22)20-15-6-4-3-5-14(15)19(23)25-2/h3-10,17H,11H2,1-2H3,(H,20,22). The molecule has 0 fully saturated rings. The molecule has 1 aliphatic rings. The van der Waals surface area contributed by atoms with Crippen molar-refractivity contribution in [2.45, 2.75) is 12.5 Å². The number of rotatable bonds is 5. The molecule has 1 amide bonds.